The molecule has 0 atom stereocenters. The highest BCUT2D eigenvalue weighted by atomic mass is 16.1. The van der Waals surface area contributed by atoms with Crippen LogP contribution in [0.15, 0.2) is 42.5 Å². The van der Waals surface area contributed by atoms with Gasteiger partial charge >= 0.3 is 0 Å². The molecule has 0 unspecified atom stereocenters. The highest BCUT2D eigenvalue weighted by molar-refractivity contribution is 6.06. The topological polar surface area (TPSA) is 35.6 Å². The average molecular weight is 337 g/mol. The highest BCUT2D eigenvalue weighted by Gasteiger charge is 2.19. The van der Waals surface area contributed by atoms with Crippen LogP contribution in [0.25, 0.3) is 0 Å². The fourth-order valence-corrected chi connectivity index (χ4v) is 3.24. The second-order valence-electron chi connectivity index (χ2n) is 6.69. The van der Waals surface area contributed by atoms with Crippen molar-refractivity contribution in [3.63, 3.8) is 0 Å². The molecule has 3 rings (SSSR count). The van der Waals surface area contributed by atoms with Gasteiger partial charge in [0.1, 0.15) is 0 Å². The summed E-state index contributed by atoms with van der Waals surface area (Å²) in [6, 6.07) is 13.9. The number of nitrogens with zero attached hydrogens (tertiary/aromatic N) is 2. The van der Waals surface area contributed by atoms with Crippen molar-refractivity contribution in [1.29, 1.82) is 0 Å². The van der Waals surface area contributed by atoms with Crippen molar-refractivity contribution in [2.45, 2.75) is 20.8 Å². The number of nitrogens with one attached hydrogen (secondary N) is 1. The Hall–Kier alpha value is -2.33. The summed E-state index contributed by atoms with van der Waals surface area (Å²) in [6.45, 7) is 11.5. The molecular formula is C21H27N3O. The number of hydrogen-bond acceptors (Lipinski definition) is 3. The molecule has 0 aliphatic carbocycles. The monoisotopic (exact) mass is 337 g/mol. The molecule has 4 nitrogen and oxygen atoms in total. The molecule has 0 saturated carbocycles. The van der Waals surface area contributed by atoms with Crippen LogP contribution in [-0.4, -0.2) is 43.5 Å². The molecule has 132 valence electrons. The Labute approximate surface area is 150 Å². The van der Waals surface area contributed by atoms with E-state index in [4.69, 9.17) is 0 Å². The van der Waals surface area contributed by atoms with E-state index in [-0.39, 0.29) is 5.91 Å². The minimum absolute atomic E-state index is 0.0530. The van der Waals surface area contributed by atoms with Gasteiger partial charge in [0.25, 0.3) is 5.91 Å². The molecule has 0 aromatic heterocycles. The zero-order valence-corrected chi connectivity index (χ0v) is 15.4. The number of hydrogen-bond donors (Lipinski definition) is 1. The van der Waals surface area contributed by atoms with Crippen molar-refractivity contribution in [2.75, 3.05) is 42.9 Å². The van der Waals surface area contributed by atoms with E-state index >= 15 is 0 Å². The molecule has 1 fully saturated rings. The lowest BCUT2D eigenvalue weighted by Gasteiger charge is -2.36. The van der Waals surface area contributed by atoms with Crippen molar-refractivity contribution >= 4 is 17.3 Å². The van der Waals surface area contributed by atoms with Crippen LogP contribution in [0.4, 0.5) is 11.4 Å². The molecule has 25 heavy (non-hydrogen) atoms. The second-order valence-corrected chi connectivity index (χ2v) is 6.69. The van der Waals surface area contributed by atoms with Gasteiger partial charge in [-0.3, -0.25) is 4.79 Å². The summed E-state index contributed by atoms with van der Waals surface area (Å²) in [4.78, 5) is 17.5. The van der Waals surface area contributed by atoms with E-state index in [0.717, 1.165) is 49.7 Å². The predicted molar refractivity (Wildman–Crippen MR) is 105 cm³/mol. The first-order valence-corrected chi connectivity index (χ1v) is 9.03. The second kappa shape index (κ2) is 7.70. The summed E-state index contributed by atoms with van der Waals surface area (Å²) >= 11 is 0. The van der Waals surface area contributed by atoms with Crippen LogP contribution in [0.2, 0.25) is 0 Å². The lowest BCUT2D eigenvalue weighted by Crippen LogP contribution is -2.46. The molecule has 1 N–H and O–H groups in total. The zero-order valence-electron chi connectivity index (χ0n) is 15.4. The number of benzene rings is 2. The van der Waals surface area contributed by atoms with Gasteiger partial charge < -0.3 is 15.1 Å². The van der Waals surface area contributed by atoms with Gasteiger partial charge in [0.05, 0.1) is 11.4 Å². The number of anilines is 2. The van der Waals surface area contributed by atoms with Gasteiger partial charge in [0, 0.05) is 31.7 Å². The smallest absolute Gasteiger partial charge is 0.255 e. The zero-order chi connectivity index (χ0) is 17.8. The van der Waals surface area contributed by atoms with Crippen LogP contribution in [0.5, 0.6) is 0 Å². The lowest BCUT2D eigenvalue weighted by molar-refractivity contribution is 0.102. The Morgan fingerprint density at radius 2 is 1.72 bits per heavy atom. The molecule has 1 aliphatic heterocycles. The van der Waals surface area contributed by atoms with E-state index in [0.29, 0.717) is 5.56 Å². The van der Waals surface area contributed by atoms with E-state index in [9.17, 15) is 4.79 Å². The minimum atomic E-state index is -0.0530. The van der Waals surface area contributed by atoms with Crippen LogP contribution < -0.4 is 10.2 Å². The largest absolute Gasteiger partial charge is 0.367 e. The number of piperazine rings is 1. The lowest BCUT2D eigenvalue weighted by atomic mass is 10.1. The number of amides is 1. The first kappa shape index (κ1) is 17.5. The Balaban J connectivity index is 1.77. The summed E-state index contributed by atoms with van der Waals surface area (Å²) in [7, 11) is 0. The van der Waals surface area contributed by atoms with Gasteiger partial charge in [-0.05, 0) is 55.8 Å². The molecule has 1 aliphatic rings. The normalized spacial score (nSPS) is 15.2. The molecule has 0 spiro atoms. The number of likely N-dealkylation sites (N-methyl/N-ethyl adjacent to an activating group) is 1. The van der Waals surface area contributed by atoms with Crippen LogP contribution >= 0.6 is 0 Å². The molecule has 1 amide bonds. The van der Waals surface area contributed by atoms with Gasteiger partial charge in [-0.2, -0.15) is 0 Å². The summed E-state index contributed by atoms with van der Waals surface area (Å²) < 4.78 is 0. The fraction of sp³-hybridized carbons (Fsp3) is 0.381. The molecule has 2 aromatic rings. The number of para-hydroxylation sites is 2. The maximum atomic E-state index is 12.7. The van der Waals surface area contributed by atoms with Gasteiger partial charge in [0.2, 0.25) is 0 Å². The maximum absolute atomic E-state index is 12.7. The standard InChI is InChI=1S/C21H27N3O/c1-4-23-11-13-24(14-12-23)20-8-6-5-7-19(20)22-21(25)18-10-9-16(2)17(3)15-18/h5-10,15H,4,11-14H2,1-3H3,(H,22,25). The molecule has 0 bridgehead atoms. The van der Waals surface area contributed by atoms with E-state index in [1.54, 1.807) is 0 Å². The summed E-state index contributed by atoms with van der Waals surface area (Å²) in [5.41, 5.74) is 5.03. The van der Waals surface area contributed by atoms with Crippen molar-refractivity contribution < 1.29 is 4.79 Å². The summed E-state index contributed by atoms with van der Waals surface area (Å²) in [5, 5.41) is 3.10. The maximum Gasteiger partial charge on any atom is 0.255 e. The fourth-order valence-electron chi connectivity index (χ4n) is 3.24. The summed E-state index contributed by atoms with van der Waals surface area (Å²) in [6.07, 6.45) is 0. The van der Waals surface area contributed by atoms with Crippen LogP contribution in [-0.2, 0) is 0 Å². The van der Waals surface area contributed by atoms with Crippen LogP contribution in [0.1, 0.15) is 28.4 Å². The molecule has 2 aromatic carbocycles. The Morgan fingerprint density at radius 1 is 1.00 bits per heavy atom. The molecule has 1 saturated heterocycles. The number of rotatable bonds is 4. The van der Waals surface area contributed by atoms with E-state index < -0.39 is 0 Å². The number of aryl methyl sites for hydroxylation is 2. The van der Waals surface area contributed by atoms with Crippen molar-refractivity contribution in [3.8, 4) is 0 Å². The van der Waals surface area contributed by atoms with Crippen molar-refractivity contribution in [2.24, 2.45) is 0 Å². The van der Waals surface area contributed by atoms with E-state index in [2.05, 4.69) is 35.0 Å². The quantitative estimate of drug-likeness (QED) is 0.924. The van der Waals surface area contributed by atoms with E-state index in [1.165, 1.54) is 5.56 Å². The average Bonchev–Trinajstić information content (AvgIpc) is 2.64. The minimum Gasteiger partial charge on any atom is -0.367 e. The highest BCUT2D eigenvalue weighted by Crippen LogP contribution is 2.27. The Bertz CT molecular complexity index is 749. The third kappa shape index (κ3) is 4.02. The third-order valence-electron chi connectivity index (χ3n) is 5.08. The van der Waals surface area contributed by atoms with Gasteiger partial charge in [-0.15, -0.1) is 0 Å². The molecule has 0 radical (unpaired) electrons. The van der Waals surface area contributed by atoms with Crippen molar-refractivity contribution in [3.05, 3.63) is 59.2 Å². The molecule has 1 heterocycles. The Morgan fingerprint density at radius 3 is 2.40 bits per heavy atom. The van der Waals surface area contributed by atoms with Gasteiger partial charge in [0.15, 0.2) is 0 Å². The van der Waals surface area contributed by atoms with Crippen LogP contribution in [0.3, 0.4) is 0 Å². The van der Waals surface area contributed by atoms with Gasteiger partial charge in [-0.1, -0.05) is 25.1 Å². The summed E-state index contributed by atoms with van der Waals surface area (Å²) in [5.74, 6) is -0.0530. The molecular weight excluding hydrogens is 310 g/mol. The first-order valence-electron chi connectivity index (χ1n) is 9.03. The number of carbonyl (C=O) groups excluding carboxylic acids is 1. The SMILES string of the molecule is CCN1CCN(c2ccccc2NC(=O)c2ccc(C)c(C)c2)CC1. The predicted octanol–water partition coefficient (Wildman–Crippen LogP) is 3.70. The van der Waals surface area contributed by atoms with E-state index in [1.807, 2.05) is 43.3 Å². The van der Waals surface area contributed by atoms with Crippen molar-refractivity contribution in [1.82, 2.24) is 4.90 Å². The Kier molecular flexibility index (Phi) is 5.39. The number of carbonyl (C=O) groups is 1. The van der Waals surface area contributed by atoms with Gasteiger partial charge in [-0.25, -0.2) is 0 Å². The third-order valence-corrected chi connectivity index (χ3v) is 5.08. The van der Waals surface area contributed by atoms with Crippen LogP contribution in [0, 0.1) is 13.8 Å². The molecule has 4 heteroatoms. The first-order chi connectivity index (χ1) is 12.1.